The highest BCUT2D eigenvalue weighted by Gasteiger charge is 2.30. The van der Waals surface area contributed by atoms with Gasteiger partial charge in [-0.1, -0.05) is 12.2 Å². The normalized spacial score (nSPS) is 32.8. The fourth-order valence-corrected chi connectivity index (χ4v) is 2.16. The Morgan fingerprint density at radius 2 is 2.08 bits per heavy atom. The van der Waals surface area contributed by atoms with Gasteiger partial charge in [-0.3, -0.25) is 4.79 Å². The van der Waals surface area contributed by atoms with Crippen molar-refractivity contribution in [1.82, 2.24) is 0 Å². The van der Waals surface area contributed by atoms with E-state index in [1.165, 1.54) is 0 Å². The molecule has 2 bridgehead atoms. The molecule has 3 aliphatic carbocycles. The number of carbonyl (C=O) groups is 1. The van der Waals surface area contributed by atoms with Crippen molar-refractivity contribution in [3.63, 3.8) is 0 Å². The average molecular weight is 166 g/mol. The van der Waals surface area contributed by atoms with Crippen molar-refractivity contribution in [1.29, 1.82) is 0 Å². The van der Waals surface area contributed by atoms with Crippen LogP contribution in [0, 0.1) is 11.8 Å². The summed E-state index contributed by atoms with van der Waals surface area (Å²) in [6.45, 7) is -0.459. The lowest BCUT2D eigenvalue weighted by atomic mass is 9.72. The summed E-state index contributed by atoms with van der Waals surface area (Å²) in [5, 5.41) is 0. The zero-order valence-corrected chi connectivity index (χ0v) is 6.79. The van der Waals surface area contributed by atoms with Crippen LogP contribution in [0.1, 0.15) is 12.8 Å². The van der Waals surface area contributed by atoms with E-state index in [1.54, 1.807) is 0 Å². The first-order valence-electron chi connectivity index (χ1n) is 4.29. The molecule has 0 aromatic rings. The second kappa shape index (κ2) is 2.85. The lowest BCUT2D eigenvalue weighted by Crippen LogP contribution is -2.23. The SMILES string of the molecule is O=CC1=C(CF)[C@@H]2C=C[C@H]1CC2. The highest BCUT2D eigenvalue weighted by Crippen LogP contribution is 2.39. The zero-order chi connectivity index (χ0) is 8.55. The van der Waals surface area contributed by atoms with E-state index in [0.717, 1.165) is 24.7 Å². The number of halogens is 1. The minimum atomic E-state index is -0.459. The van der Waals surface area contributed by atoms with E-state index in [1.807, 2.05) is 12.2 Å². The van der Waals surface area contributed by atoms with Crippen LogP contribution in [0.2, 0.25) is 0 Å². The topological polar surface area (TPSA) is 17.1 Å². The van der Waals surface area contributed by atoms with Crippen molar-refractivity contribution in [3.05, 3.63) is 23.3 Å². The van der Waals surface area contributed by atoms with Crippen LogP contribution in [0.3, 0.4) is 0 Å². The Bertz CT molecular complexity index is 265. The highest BCUT2D eigenvalue weighted by atomic mass is 19.1. The quantitative estimate of drug-likeness (QED) is 0.453. The first-order chi connectivity index (χ1) is 5.86. The molecule has 64 valence electrons. The number of allylic oxidation sites excluding steroid dienone is 4. The molecule has 0 radical (unpaired) electrons. The number of fused-ring (bicyclic) bond motifs is 1. The molecule has 12 heavy (non-hydrogen) atoms. The van der Waals surface area contributed by atoms with Gasteiger partial charge >= 0.3 is 0 Å². The van der Waals surface area contributed by atoms with Crippen LogP contribution in [-0.2, 0) is 4.79 Å². The molecule has 0 aliphatic heterocycles. The van der Waals surface area contributed by atoms with Gasteiger partial charge in [-0.25, -0.2) is 4.39 Å². The number of rotatable bonds is 2. The smallest absolute Gasteiger partial charge is 0.146 e. The maximum Gasteiger partial charge on any atom is 0.146 e. The van der Waals surface area contributed by atoms with Crippen LogP contribution in [-0.4, -0.2) is 13.0 Å². The summed E-state index contributed by atoms with van der Waals surface area (Å²) in [5.74, 6) is 0.415. The Kier molecular flexibility index (Phi) is 1.83. The summed E-state index contributed by atoms with van der Waals surface area (Å²) in [7, 11) is 0. The van der Waals surface area contributed by atoms with Crippen molar-refractivity contribution in [3.8, 4) is 0 Å². The lowest BCUT2D eigenvalue weighted by Gasteiger charge is -2.32. The molecule has 1 nitrogen and oxygen atoms in total. The second-order valence-electron chi connectivity index (χ2n) is 3.41. The Labute approximate surface area is 71.0 Å². The van der Waals surface area contributed by atoms with Gasteiger partial charge in [-0.2, -0.15) is 0 Å². The molecule has 0 saturated carbocycles. The van der Waals surface area contributed by atoms with Gasteiger partial charge in [0.15, 0.2) is 0 Å². The van der Waals surface area contributed by atoms with Gasteiger partial charge in [0.1, 0.15) is 13.0 Å². The van der Waals surface area contributed by atoms with Crippen molar-refractivity contribution in [2.45, 2.75) is 12.8 Å². The molecule has 0 N–H and O–H groups in total. The number of alkyl halides is 1. The molecule has 0 fully saturated rings. The summed E-state index contributed by atoms with van der Waals surface area (Å²) in [6.07, 6.45) is 6.93. The molecule has 0 heterocycles. The molecule has 0 aromatic carbocycles. The first-order valence-corrected chi connectivity index (χ1v) is 4.29. The lowest BCUT2D eigenvalue weighted by molar-refractivity contribution is -0.105. The Hall–Kier alpha value is -0.920. The van der Waals surface area contributed by atoms with Crippen molar-refractivity contribution in [2.24, 2.45) is 11.8 Å². The van der Waals surface area contributed by atoms with Gasteiger partial charge in [-0.05, 0) is 18.4 Å². The first kappa shape index (κ1) is 7.71. The van der Waals surface area contributed by atoms with E-state index >= 15 is 0 Å². The molecule has 0 saturated heterocycles. The molecule has 3 aliphatic rings. The third kappa shape index (κ3) is 0.942. The fourth-order valence-electron chi connectivity index (χ4n) is 2.16. The number of hydrogen-bond acceptors (Lipinski definition) is 1. The molecule has 2 heteroatoms. The van der Waals surface area contributed by atoms with E-state index in [4.69, 9.17) is 0 Å². The van der Waals surface area contributed by atoms with Gasteiger partial charge in [0.2, 0.25) is 0 Å². The van der Waals surface area contributed by atoms with Gasteiger partial charge in [0, 0.05) is 17.4 Å². The summed E-state index contributed by atoms with van der Waals surface area (Å²) in [4.78, 5) is 10.7. The summed E-state index contributed by atoms with van der Waals surface area (Å²) < 4.78 is 12.5. The van der Waals surface area contributed by atoms with Crippen LogP contribution in [0.4, 0.5) is 4.39 Å². The van der Waals surface area contributed by atoms with E-state index < -0.39 is 6.67 Å². The maximum absolute atomic E-state index is 12.5. The number of carbonyl (C=O) groups excluding carboxylic acids is 1. The Morgan fingerprint density at radius 3 is 2.50 bits per heavy atom. The predicted octanol–water partition coefficient (Wildman–Crippen LogP) is 2.05. The van der Waals surface area contributed by atoms with Crippen molar-refractivity contribution >= 4 is 6.29 Å². The van der Waals surface area contributed by atoms with Crippen LogP contribution >= 0.6 is 0 Å². The average Bonchev–Trinajstić information content (AvgIpc) is 2.18. The third-order valence-electron chi connectivity index (χ3n) is 2.85. The monoisotopic (exact) mass is 166 g/mol. The van der Waals surface area contributed by atoms with E-state index in [9.17, 15) is 9.18 Å². The van der Waals surface area contributed by atoms with Crippen molar-refractivity contribution < 1.29 is 9.18 Å². The molecular weight excluding hydrogens is 155 g/mol. The predicted molar refractivity (Wildman–Crippen MR) is 44.4 cm³/mol. The Morgan fingerprint density at radius 1 is 1.42 bits per heavy atom. The third-order valence-corrected chi connectivity index (χ3v) is 2.85. The molecule has 0 spiro atoms. The molecule has 3 rings (SSSR count). The zero-order valence-electron chi connectivity index (χ0n) is 6.79. The summed E-state index contributed by atoms with van der Waals surface area (Å²) in [6, 6.07) is 0. The number of hydrogen-bond donors (Lipinski definition) is 0. The molecule has 0 amide bonds. The van der Waals surface area contributed by atoms with Gasteiger partial charge in [0.05, 0.1) is 0 Å². The van der Waals surface area contributed by atoms with Crippen LogP contribution in [0.25, 0.3) is 0 Å². The van der Waals surface area contributed by atoms with Gasteiger partial charge in [0.25, 0.3) is 0 Å². The van der Waals surface area contributed by atoms with Crippen molar-refractivity contribution in [2.75, 3.05) is 6.67 Å². The van der Waals surface area contributed by atoms with E-state index in [0.29, 0.717) is 5.57 Å². The molecule has 2 atom stereocenters. The minimum absolute atomic E-state index is 0.207. The molecule has 0 unspecified atom stereocenters. The number of aldehydes is 1. The summed E-state index contributed by atoms with van der Waals surface area (Å²) >= 11 is 0. The van der Waals surface area contributed by atoms with Crippen LogP contribution < -0.4 is 0 Å². The van der Waals surface area contributed by atoms with E-state index in [2.05, 4.69) is 0 Å². The standard InChI is InChI=1S/C10H11FO/c11-5-9-7-1-3-8(4-2-7)10(9)6-12/h1,3,6-8H,2,4-5H2/t7-,8+/m1/s1. The summed E-state index contributed by atoms with van der Waals surface area (Å²) in [5.41, 5.74) is 1.43. The van der Waals surface area contributed by atoms with Gasteiger partial charge in [-0.15, -0.1) is 0 Å². The molecule has 0 aromatic heterocycles. The minimum Gasteiger partial charge on any atom is -0.298 e. The highest BCUT2D eigenvalue weighted by molar-refractivity contribution is 5.77. The Balaban J connectivity index is 2.40. The largest absolute Gasteiger partial charge is 0.298 e. The van der Waals surface area contributed by atoms with Crippen LogP contribution in [0.5, 0.6) is 0 Å². The van der Waals surface area contributed by atoms with Crippen LogP contribution in [0.15, 0.2) is 23.3 Å². The second-order valence-corrected chi connectivity index (χ2v) is 3.41. The van der Waals surface area contributed by atoms with Gasteiger partial charge < -0.3 is 0 Å². The molecular formula is C10H11FO. The maximum atomic E-state index is 12.5. The van der Waals surface area contributed by atoms with E-state index in [-0.39, 0.29) is 11.8 Å². The fraction of sp³-hybridized carbons (Fsp3) is 0.500.